The van der Waals surface area contributed by atoms with Crippen molar-refractivity contribution in [3.63, 3.8) is 0 Å². The van der Waals surface area contributed by atoms with E-state index in [1.54, 1.807) is 12.1 Å². The summed E-state index contributed by atoms with van der Waals surface area (Å²) in [4.78, 5) is 30.6. The molecule has 0 saturated heterocycles. The molecule has 136 valence electrons. The van der Waals surface area contributed by atoms with E-state index in [4.69, 9.17) is 11.6 Å². The number of nitrogens with one attached hydrogen (secondary N) is 2. The number of imide groups is 1. The Hall–Kier alpha value is -2.68. The number of aromatic nitrogens is 2. The first-order chi connectivity index (χ1) is 12.3. The summed E-state index contributed by atoms with van der Waals surface area (Å²) in [6.45, 7) is 0. The standard InChI is InChI=1S/C16H12ClF3N4O2/c17-11-7-9(8-1-2-8)3-4-10(11)14(25)24-15(26)23-13-12(16(18,19)20)21-5-6-22-13/h3-8H,1-2H2,(H2,22,23,24,25,26). The van der Waals surface area contributed by atoms with Gasteiger partial charge in [-0.25, -0.2) is 14.8 Å². The Kier molecular flexibility index (Phi) is 4.82. The Balaban J connectivity index is 1.70. The van der Waals surface area contributed by atoms with Crippen LogP contribution in [0.5, 0.6) is 0 Å². The van der Waals surface area contributed by atoms with Crippen molar-refractivity contribution in [2.24, 2.45) is 0 Å². The highest BCUT2D eigenvalue weighted by Gasteiger charge is 2.36. The number of urea groups is 1. The van der Waals surface area contributed by atoms with Crippen LogP contribution in [0.15, 0.2) is 30.6 Å². The number of alkyl halides is 3. The molecule has 3 rings (SSSR count). The first-order valence-corrected chi connectivity index (χ1v) is 7.93. The van der Waals surface area contributed by atoms with E-state index >= 15 is 0 Å². The van der Waals surface area contributed by atoms with E-state index in [0.29, 0.717) is 5.92 Å². The highest BCUT2D eigenvalue weighted by atomic mass is 35.5. The monoisotopic (exact) mass is 384 g/mol. The summed E-state index contributed by atoms with van der Waals surface area (Å²) in [5.41, 5.74) is -0.318. The molecule has 1 aliphatic carbocycles. The molecule has 0 atom stereocenters. The Morgan fingerprint density at radius 3 is 2.46 bits per heavy atom. The van der Waals surface area contributed by atoms with Crippen LogP contribution in [0.4, 0.5) is 23.8 Å². The van der Waals surface area contributed by atoms with Crippen LogP contribution in [-0.4, -0.2) is 21.9 Å². The third-order valence-corrected chi connectivity index (χ3v) is 4.02. The van der Waals surface area contributed by atoms with Crippen molar-refractivity contribution < 1.29 is 22.8 Å². The summed E-state index contributed by atoms with van der Waals surface area (Å²) in [7, 11) is 0. The zero-order valence-electron chi connectivity index (χ0n) is 13.1. The zero-order valence-corrected chi connectivity index (χ0v) is 13.9. The number of hydrogen-bond donors (Lipinski definition) is 2. The molecule has 1 heterocycles. The Labute approximate surface area is 150 Å². The van der Waals surface area contributed by atoms with E-state index in [1.807, 2.05) is 10.6 Å². The Morgan fingerprint density at radius 2 is 1.85 bits per heavy atom. The third-order valence-electron chi connectivity index (χ3n) is 3.71. The van der Waals surface area contributed by atoms with Crippen molar-refractivity contribution in [2.75, 3.05) is 5.32 Å². The van der Waals surface area contributed by atoms with Gasteiger partial charge in [0, 0.05) is 12.4 Å². The largest absolute Gasteiger partial charge is 0.437 e. The molecule has 1 aromatic carbocycles. The van der Waals surface area contributed by atoms with Crippen LogP contribution in [0.1, 0.15) is 40.4 Å². The van der Waals surface area contributed by atoms with Gasteiger partial charge in [-0.1, -0.05) is 17.7 Å². The summed E-state index contributed by atoms with van der Waals surface area (Å²) in [5.74, 6) is -1.21. The van der Waals surface area contributed by atoms with Gasteiger partial charge in [-0.3, -0.25) is 15.4 Å². The summed E-state index contributed by atoms with van der Waals surface area (Å²) in [6.07, 6.45) is -0.852. The highest BCUT2D eigenvalue weighted by Crippen LogP contribution is 2.41. The number of halogens is 4. The van der Waals surface area contributed by atoms with Crippen LogP contribution in [0.2, 0.25) is 5.02 Å². The maximum absolute atomic E-state index is 12.8. The van der Waals surface area contributed by atoms with Gasteiger partial charge in [0.05, 0.1) is 10.6 Å². The molecule has 10 heteroatoms. The number of hydrogen-bond acceptors (Lipinski definition) is 4. The molecule has 26 heavy (non-hydrogen) atoms. The summed E-state index contributed by atoms with van der Waals surface area (Å²) in [6, 6.07) is 3.68. The lowest BCUT2D eigenvalue weighted by Crippen LogP contribution is -2.35. The van der Waals surface area contributed by atoms with Crippen molar-refractivity contribution in [1.82, 2.24) is 15.3 Å². The molecule has 0 spiro atoms. The molecule has 2 aromatic rings. The van der Waals surface area contributed by atoms with Crippen LogP contribution >= 0.6 is 11.6 Å². The van der Waals surface area contributed by atoms with Gasteiger partial charge in [0.25, 0.3) is 5.91 Å². The van der Waals surface area contributed by atoms with Gasteiger partial charge in [-0.15, -0.1) is 0 Å². The fraction of sp³-hybridized carbons (Fsp3) is 0.250. The minimum atomic E-state index is -4.80. The second-order valence-electron chi connectivity index (χ2n) is 5.67. The molecule has 1 aliphatic rings. The van der Waals surface area contributed by atoms with Crippen LogP contribution in [0.25, 0.3) is 0 Å². The lowest BCUT2D eigenvalue weighted by atomic mass is 10.1. The average molecular weight is 385 g/mol. The molecular formula is C16H12ClF3N4O2. The molecular weight excluding hydrogens is 373 g/mol. The lowest BCUT2D eigenvalue weighted by Gasteiger charge is -2.12. The summed E-state index contributed by atoms with van der Waals surface area (Å²) in [5, 5.41) is 3.95. The quantitative estimate of drug-likeness (QED) is 0.838. The van der Waals surface area contributed by atoms with E-state index in [-0.39, 0.29) is 10.6 Å². The minimum absolute atomic E-state index is 0.0430. The fourth-order valence-corrected chi connectivity index (χ4v) is 2.61. The first-order valence-electron chi connectivity index (χ1n) is 7.55. The van der Waals surface area contributed by atoms with Crippen LogP contribution in [0.3, 0.4) is 0 Å². The van der Waals surface area contributed by atoms with Gasteiger partial charge in [0.1, 0.15) is 0 Å². The smallest absolute Gasteiger partial charge is 0.290 e. The SMILES string of the molecule is O=C(NC(=O)c1ccc(C2CC2)cc1Cl)Nc1nccnc1C(F)(F)F. The van der Waals surface area contributed by atoms with Crippen molar-refractivity contribution in [3.05, 3.63) is 52.4 Å². The molecule has 1 aromatic heterocycles. The first kappa shape index (κ1) is 18.1. The molecule has 3 amide bonds. The van der Waals surface area contributed by atoms with Gasteiger partial charge < -0.3 is 0 Å². The molecule has 0 bridgehead atoms. The average Bonchev–Trinajstić information content (AvgIpc) is 3.38. The van der Waals surface area contributed by atoms with Crippen molar-refractivity contribution in [2.45, 2.75) is 24.9 Å². The topological polar surface area (TPSA) is 84.0 Å². The summed E-state index contributed by atoms with van der Waals surface area (Å²) < 4.78 is 38.5. The van der Waals surface area contributed by atoms with Crippen molar-refractivity contribution in [1.29, 1.82) is 0 Å². The fourth-order valence-electron chi connectivity index (χ4n) is 2.33. The molecule has 1 saturated carbocycles. The van der Waals surface area contributed by atoms with E-state index in [1.165, 1.54) is 6.07 Å². The maximum atomic E-state index is 12.8. The summed E-state index contributed by atoms with van der Waals surface area (Å²) >= 11 is 6.06. The highest BCUT2D eigenvalue weighted by molar-refractivity contribution is 6.34. The maximum Gasteiger partial charge on any atom is 0.437 e. The van der Waals surface area contributed by atoms with E-state index in [0.717, 1.165) is 30.8 Å². The molecule has 0 unspecified atom stereocenters. The van der Waals surface area contributed by atoms with Gasteiger partial charge in [-0.05, 0) is 36.5 Å². The van der Waals surface area contributed by atoms with Crippen LogP contribution < -0.4 is 10.6 Å². The predicted molar refractivity (Wildman–Crippen MR) is 86.9 cm³/mol. The number of nitrogens with zero attached hydrogens (tertiary/aromatic N) is 2. The van der Waals surface area contributed by atoms with Gasteiger partial charge >= 0.3 is 12.2 Å². The number of carbonyl (C=O) groups excluding carboxylic acids is 2. The second kappa shape index (κ2) is 6.91. The zero-order chi connectivity index (χ0) is 18.9. The lowest BCUT2D eigenvalue weighted by molar-refractivity contribution is -0.140. The normalized spacial score (nSPS) is 14.0. The number of amides is 3. The Bertz CT molecular complexity index is 869. The van der Waals surface area contributed by atoms with E-state index in [2.05, 4.69) is 9.97 Å². The Morgan fingerprint density at radius 1 is 1.15 bits per heavy atom. The molecule has 0 aliphatic heterocycles. The van der Waals surface area contributed by atoms with Gasteiger partial charge in [0.15, 0.2) is 11.5 Å². The van der Waals surface area contributed by atoms with E-state index < -0.39 is 29.6 Å². The van der Waals surface area contributed by atoms with Crippen LogP contribution in [-0.2, 0) is 6.18 Å². The second-order valence-corrected chi connectivity index (χ2v) is 6.08. The van der Waals surface area contributed by atoms with E-state index in [9.17, 15) is 22.8 Å². The number of benzene rings is 1. The molecule has 0 radical (unpaired) electrons. The molecule has 6 nitrogen and oxygen atoms in total. The van der Waals surface area contributed by atoms with Gasteiger partial charge in [0.2, 0.25) is 0 Å². The number of anilines is 1. The molecule has 1 fully saturated rings. The third kappa shape index (κ3) is 4.10. The van der Waals surface area contributed by atoms with Crippen molar-refractivity contribution in [3.8, 4) is 0 Å². The minimum Gasteiger partial charge on any atom is -0.290 e. The van der Waals surface area contributed by atoms with Crippen LogP contribution in [0, 0.1) is 0 Å². The number of carbonyl (C=O) groups is 2. The van der Waals surface area contributed by atoms with Gasteiger partial charge in [-0.2, -0.15) is 13.2 Å². The number of rotatable bonds is 3. The van der Waals surface area contributed by atoms with Crippen molar-refractivity contribution >= 4 is 29.4 Å². The molecule has 2 N–H and O–H groups in total. The predicted octanol–water partition coefficient (Wildman–Crippen LogP) is 3.99.